The molecule has 0 bridgehead atoms. The molecule has 0 spiro atoms. The van der Waals surface area contributed by atoms with Gasteiger partial charge in [-0.1, -0.05) is 43.3 Å². The van der Waals surface area contributed by atoms with Crippen LogP contribution in [0.5, 0.6) is 0 Å². The minimum atomic E-state index is -1.23. The van der Waals surface area contributed by atoms with Crippen molar-refractivity contribution in [1.82, 2.24) is 5.32 Å². The predicted octanol–water partition coefficient (Wildman–Crippen LogP) is 3.20. The average molecular weight is 491 g/mol. The third kappa shape index (κ3) is 5.00. The van der Waals surface area contributed by atoms with Crippen LogP contribution in [0, 0.1) is 17.6 Å². The maximum absolute atomic E-state index is 13.6. The standard InChI is InChI=1S/C27H24F2N4O3/c1-15(13-16-7-12-20(28)21(29)14-16)26(35)32-25-27(36)33(2)22-6-4-3-5-19(22)23(31-25)17-8-10-18(11-9-17)24(30)34/h3-12,14-15,25H,13H2,1-2H3,(H2,30,34)(H,32,35)/t15-,25?/m0/s1. The zero-order valence-corrected chi connectivity index (χ0v) is 19.7. The van der Waals surface area contributed by atoms with Gasteiger partial charge in [0.15, 0.2) is 11.6 Å². The molecular formula is C27H24F2N4O3. The van der Waals surface area contributed by atoms with Gasteiger partial charge in [-0.05, 0) is 42.3 Å². The molecule has 2 atom stereocenters. The van der Waals surface area contributed by atoms with Gasteiger partial charge in [0.25, 0.3) is 5.91 Å². The first-order chi connectivity index (χ1) is 17.2. The number of benzene rings is 3. The molecule has 3 N–H and O–H groups in total. The quantitative estimate of drug-likeness (QED) is 0.554. The van der Waals surface area contributed by atoms with Crippen LogP contribution in [-0.2, 0) is 16.0 Å². The largest absolute Gasteiger partial charge is 0.366 e. The van der Waals surface area contributed by atoms with Crippen LogP contribution in [0.25, 0.3) is 0 Å². The molecule has 0 saturated heterocycles. The van der Waals surface area contributed by atoms with E-state index in [4.69, 9.17) is 5.73 Å². The fraction of sp³-hybridized carbons (Fsp3) is 0.185. The van der Waals surface area contributed by atoms with Gasteiger partial charge in [0.05, 0.1) is 11.4 Å². The van der Waals surface area contributed by atoms with E-state index in [1.165, 1.54) is 11.0 Å². The second-order valence-electron chi connectivity index (χ2n) is 8.60. The van der Waals surface area contributed by atoms with Crippen LogP contribution in [0.1, 0.15) is 34.0 Å². The molecule has 1 heterocycles. The Hall–Kier alpha value is -4.40. The molecular weight excluding hydrogens is 466 g/mol. The van der Waals surface area contributed by atoms with Gasteiger partial charge >= 0.3 is 0 Å². The molecule has 3 aromatic rings. The Kier molecular flexibility index (Phi) is 6.91. The highest BCUT2D eigenvalue weighted by atomic mass is 19.2. The highest BCUT2D eigenvalue weighted by Crippen LogP contribution is 2.27. The lowest BCUT2D eigenvalue weighted by molar-refractivity contribution is -0.129. The molecule has 0 radical (unpaired) electrons. The summed E-state index contributed by atoms with van der Waals surface area (Å²) in [5, 5.41) is 2.69. The highest BCUT2D eigenvalue weighted by molar-refractivity contribution is 6.20. The third-order valence-electron chi connectivity index (χ3n) is 6.04. The van der Waals surface area contributed by atoms with Gasteiger partial charge < -0.3 is 16.0 Å². The summed E-state index contributed by atoms with van der Waals surface area (Å²) in [6.07, 6.45) is -1.08. The fourth-order valence-corrected chi connectivity index (χ4v) is 4.03. The molecule has 36 heavy (non-hydrogen) atoms. The van der Waals surface area contributed by atoms with Crippen molar-refractivity contribution >= 4 is 29.1 Å². The molecule has 3 amide bonds. The Balaban J connectivity index is 1.65. The second-order valence-corrected chi connectivity index (χ2v) is 8.60. The number of amides is 3. The predicted molar refractivity (Wildman–Crippen MR) is 132 cm³/mol. The molecule has 9 heteroatoms. The number of carbonyl (C=O) groups is 3. The van der Waals surface area contributed by atoms with Crippen molar-refractivity contribution in [3.8, 4) is 0 Å². The van der Waals surface area contributed by atoms with Crippen LogP contribution in [0.4, 0.5) is 14.5 Å². The van der Waals surface area contributed by atoms with Gasteiger partial charge in [0.1, 0.15) is 0 Å². The number of fused-ring (bicyclic) bond motifs is 1. The van der Waals surface area contributed by atoms with Crippen molar-refractivity contribution in [2.24, 2.45) is 16.6 Å². The lowest BCUT2D eigenvalue weighted by Crippen LogP contribution is -2.47. The van der Waals surface area contributed by atoms with Crippen LogP contribution in [-0.4, -0.2) is 36.6 Å². The molecule has 184 valence electrons. The van der Waals surface area contributed by atoms with E-state index in [9.17, 15) is 23.2 Å². The Morgan fingerprint density at radius 3 is 2.42 bits per heavy atom. The molecule has 1 aliphatic heterocycles. The summed E-state index contributed by atoms with van der Waals surface area (Å²) in [4.78, 5) is 43.8. The summed E-state index contributed by atoms with van der Waals surface area (Å²) in [7, 11) is 1.60. The maximum Gasteiger partial charge on any atom is 0.272 e. The number of aliphatic imine (C=N–C) groups is 1. The van der Waals surface area contributed by atoms with E-state index in [1.54, 1.807) is 50.4 Å². The van der Waals surface area contributed by atoms with E-state index in [1.807, 2.05) is 12.1 Å². The van der Waals surface area contributed by atoms with Gasteiger partial charge in [-0.3, -0.25) is 14.4 Å². The molecule has 7 nitrogen and oxygen atoms in total. The molecule has 3 aromatic carbocycles. The number of nitrogens with zero attached hydrogens (tertiary/aromatic N) is 2. The van der Waals surface area contributed by atoms with Gasteiger partial charge in [-0.2, -0.15) is 0 Å². The van der Waals surface area contributed by atoms with Crippen LogP contribution in [0.2, 0.25) is 0 Å². The number of halogens is 2. The molecule has 0 aromatic heterocycles. The van der Waals surface area contributed by atoms with Gasteiger partial charge in [0, 0.05) is 29.7 Å². The van der Waals surface area contributed by atoms with Crippen molar-refractivity contribution in [2.45, 2.75) is 19.5 Å². The molecule has 0 aliphatic carbocycles. The number of likely N-dealkylation sites (N-methyl/N-ethyl adjacent to an activating group) is 1. The first-order valence-electron chi connectivity index (χ1n) is 11.2. The number of rotatable bonds is 6. The number of benzodiazepines with no additional fused rings is 1. The third-order valence-corrected chi connectivity index (χ3v) is 6.04. The van der Waals surface area contributed by atoms with Gasteiger partial charge in [-0.15, -0.1) is 0 Å². The SMILES string of the molecule is C[C@@H](Cc1ccc(F)c(F)c1)C(=O)NC1N=C(c2ccc(C(N)=O)cc2)c2ccccc2N(C)C1=O. The van der Waals surface area contributed by atoms with Gasteiger partial charge in [0.2, 0.25) is 18.0 Å². The van der Waals surface area contributed by atoms with Crippen molar-refractivity contribution in [3.63, 3.8) is 0 Å². The molecule has 4 rings (SSSR count). The number of nitrogens with one attached hydrogen (secondary N) is 1. The number of anilines is 1. The van der Waals surface area contributed by atoms with E-state index >= 15 is 0 Å². The summed E-state index contributed by atoms with van der Waals surface area (Å²) < 4.78 is 26.8. The lowest BCUT2D eigenvalue weighted by atomic mass is 9.99. The smallest absolute Gasteiger partial charge is 0.272 e. The van der Waals surface area contributed by atoms with Crippen molar-refractivity contribution in [1.29, 1.82) is 0 Å². The minimum Gasteiger partial charge on any atom is -0.366 e. The second kappa shape index (κ2) is 10.1. The number of carbonyl (C=O) groups excluding carboxylic acids is 3. The molecule has 0 saturated carbocycles. The van der Waals surface area contributed by atoms with E-state index < -0.39 is 41.4 Å². The molecule has 0 fully saturated rings. The number of nitrogens with two attached hydrogens (primary N) is 1. The normalized spacial score (nSPS) is 16.0. The minimum absolute atomic E-state index is 0.144. The Labute approximate surface area is 206 Å². The Bertz CT molecular complexity index is 1370. The summed E-state index contributed by atoms with van der Waals surface area (Å²) in [5.41, 5.74) is 8.49. The zero-order chi connectivity index (χ0) is 26.0. The van der Waals surface area contributed by atoms with Crippen molar-refractivity contribution in [3.05, 3.63) is 101 Å². The van der Waals surface area contributed by atoms with E-state index in [0.717, 1.165) is 12.1 Å². The van der Waals surface area contributed by atoms with E-state index in [0.29, 0.717) is 33.7 Å². The monoisotopic (exact) mass is 490 g/mol. The summed E-state index contributed by atoms with van der Waals surface area (Å²) in [6, 6.07) is 17.1. The number of hydrogen-bond acceptors (Lipinski definition) is 4. The Morgan fingerprint density at radius 1 is 1.06 bits per heavy atom. The van der Waals surface area contributed by atoms with E-state index in [-0.39, 0.29) is 6.42 Å². The van der Waals surface area contributed by atoms with Crippen LogP contribution < -0.4 is 16.0 Å². The van der Waals surface area contributed by atoms with Crippen LogP contribution in [0.3, 0.4) is 0 Å². The first-order valence-corrected chi connectivity index (χ1v) is 11.2. The fourth-order valence-electron chi connectivity index (χ4n) is 4.03. The first kappa shape index (κ1) is 24.7. The highest BCUT2D eigenvalue weighted by Gasteiger charge is 2.32. The summed E-state index contributed by atoms with van der Waals surface area (Å²) in [5.74, 6) is -4.08. The van der Waals surface area contributed by atoms with Crippen molar-refractivity contribution < 1.29 is 23.2 Å². The zero-order valence-electron chi connectivity index (χ0n) is 19.7. The molecule has 1 aliphatic rings. The van der Waals surface area contributed by atoms with E-state index in [2.05, 4.69) is 10.3 Å². The maximum atomic E-state index is 13.6. The number of hydrogen-bond donors (Lipinski definition) is 2. The van der Waals surface area contributed by atoms with Crippen LogP contribution in [0.15, 0.2) is 71.7 Å². The van der Waals surface area contributed by atoms with Crippen LogP contribution >= 0.6 is 0 Å². The average Bonchev–Trinajstić information content (AvgIpc) is 2.97. The Morgan fingerprint density at radius 2 is 1.75 bits per heavy atom. The topological polar surface area (TPSA) is 105 Å². The number of para-hydroxylation sites is 1. The van der Waals surface area contributed by atoms with Crippen molar-refractivity contribution in [2.75, 3.05) is 11.9 Å². The number of primary amides is 1. The lowest BCUT2D eigenvalue weighted by Gasteiger charge is -2.22. The summed E-state index contributed by atoms with van der Waals surface area (Å²) in [6.45, 7) is 1.63. The molecule has 1 unspecified atom stereocenters. The van der Waals surface area contributed by atoms with Gasteiger partial charge in [-0.25, -0.2) is 13.8 Å². The summed E-state index contributed by atoms with van der Waals surface area (Å²) >= 11 is 0.